The van der Waals surface area contributed by atoms with E-state index >= 15 is 0 Å². The zero-order chi connectivity index (χ0) is 14.4. The van der Waals surface area contributed by atoms with Crippen LogP contribution in [0.4, 0.5) is 0 Å². The highest BCUT2D eigenvalue weighted by molar-refractivity contribution is 5.82. The minimum absolute atomic E-state index is 0.209. The summed E-state index contributed by atoms with van der Waals surface area (Å²) >= 11 is 0. The van der Waals surface area contributed by atoms with Gasteiger partial charge in [0.2, 0.25) is 5.88 Å². The lowest BCUT2D eigenvalue weighted by molar-refractivity contribution is 0.202. The molecule has 3 nitrogen and oxygen atoms in total. The first-order valence-corrected chi connectivity index (χ1v) is 7.50. The number of aromatic nitrogens is 1. The van der Waals surface area contributed by atoms with Crippen LogP contribution in [0.25, 0.3) is 10.9 Å². The van der Waals surface area contributed by atoms with Crippen molar-refractivity contribution in [2.24, 2.45) is 0 Å². The van der Waals surface area contributed by atoms with Crippen LogP contribution in [0.5, 0.6) is 5.88 Å². The number of para-hydroxylation sites is 1. The Morgan fingerprint density at radius 2 is 2.05 bits per heavy atom. The highest BCUT2D eigenvalue weighted by Crippen LogP contribution is 2.23. The van der Waals surface area contributed by atoms with Gasteiger partial charge in [0.1, 0.15) is 0 Å². The van der Waals surface area contributed by atoms with Crippen LogP contribution in [-0.2, 0) is 6.54 Å². The van der Waals surface area contributed by atoms with Gasteiger partial charge in [0, 0.05) is 18.0 Å². The molecule has 108 valence electrons. The Morgan fingerprint density at radius 1 is 1.25 bits per heavy atom. The fourth-order valence-electron chi connectivity index (χ4n) is 2.36. The van der Waals surface area contributed by atoms with Crippen LogP contribution in [0.2, 0.25) is 0 Å². The van der Waals surface area contributed by atoms with Crippen molar-refractivity contribution in [3.8, 4) is 5.88 Å². The molecule has 1 aromatic carbocycles. The summed E-state index contributed by atoms with van der Waals surface area (Å²) in [5, 5.41) is 4.58. The van der Waals surface area contributed by atoms with Gasteiger partial charge >= 0.3 is 0 Å². The Bertz CT molecular complexity index is 554. The van der Waals surface area contributed by atoms with E-state index in [0.717, 1.165) is 37.3 Å². The summed E-state index contributed by atoms with van der Waals surface area (Å²) in [4.78, 5) is 4.62. The van der Waals surface area contributed by atoms with E-state index in [-0.39, 0.29) is 6.10 Å². The highest BCUT2D eigenvalue weighted by atomic mass is 16.5. The van der Waals surface area contributed by atoms with Crippen LogP contribution < -0.4 is 10.1 Å². The lowest BCUT2D eigenvalue weighted by Crippen LogP contribution is -2.14. The predicted molar refractivity (Wildman–Crippen MR) is 84.1 cm³/mol. The van der Waals surface area contributed by atoms with E-state index in [1.165, 1.54) is 10.9 Å². The smallest absolute Gasteiger partial charge is 0.214 e. The van der Waals surface area contributed by atoms with E-state index in [9.17, 15) is 0 Å². The molecule has 0 saturated heterocycles. The molecular weight excluding hydrogens is 248 g/mol. The van der Waals surface area contributed by atoms with Gasteiger partial charge in [0.15, 0.2) is 0 Å². The molecule has 1 atom stereocenters. The maximum atomic E-state index is 5.94. The van der Waals surface area contributed by atoms with Gasteiger partial charge in [-0.2, -0.15) is 0 Å². The zero-order valence-corrected chi connectivity index (χ0v) is 12.6. The maximum absolute atomic E-state index is 5.94. The molecule has 0 saturated carbocycles. The average Bonchev–Trinajstić information content (AvgIpc) is 2.45. The Hall–Kier alpha value is -1.61. The van der Waals surface area contributed by atoms with Crippen LogP contribution in [0.15, 0.2) is 30.3 Å². The molecule has 0 radical (unpaired) electrons. The quantitative estimate of drug-likeness (QED) is 0.829. The monoisotopic (exact) mass is 272 g/mol. The summed E-state index contributed by atoms with van der Waals surface area (Å²) in [6.45, 7) is 8.19. The third-order valence-corrected chi connectivity index (χ3v) is 3.36. The molecule has 0 aliphatic heterocycles. The highest BCUT2D eigenvalue weighted by Gasteiger charge is 2.09. The molecule has 1 heterocycles. The first-order chi connectivity index (χ1) is 9.74. The largest absolute Gasteiger partial charge is 0.475 e. The molecular formula is C17H24N2O. The van der Waals surface area contributed by atoms with Gasteiger partial charge in [-0.1, -0.05) is 38.5 Å². The molecule has 0 aliphatic rings. The second-order valence-corrected chi connectivity index (χ2v) is 5.13. The molecule has 2 aromatic rings. The van der Waals surface area contributed by atoms with Crippen molar-refractivity contribution >= 4 is 10.9 Å². The molecule has 0 bridgehead atoms. The number of ether oxygens (including phenoxy) is 1. The predicted octanol–water partition coefficient (Wildman–Crippen LogP) is 3.91. The maximum Gasteiger partial charge on any atom is 0.214 e. The van der Waals surface area contributed by atoms with Gasteiger partial charge in [-0.3, -0.25) is 0 Å². The number of rotatable bonds is 7. The van der Waals surface area contributed by atoms with Crippen molar-refractivity contribution in [2.75, 3.05) is 6.54 Å². The number of benzene rings is 1. The number of hydrogen-bond acceptors (Lipinski definition) is 3. The van der Waals surface area contributed by atoms with Crippen molar-refractivity contribution in [3.05, 3.63) is 35.9 Å². The standard InChI is InChI=1S/C17H24N2O/c1-4-8-13(3)20-17-11-14(12-18-5-2)15-9-6-7-10-16(15)19-17/h6-7,9-11,13,18H,4-5,8,12H2,1-3H3. The van der Waals surface area contributed by atoms with E-state index in [4.69, 9.17) is 4.74 Å². The molecule has 1 aromatic heterocycles. The van der Waals surface area contributed by atoms with E-state index in [0.29, 0.717) is 0 Å². The third-order valence-electron chi connectivity index (χ3n) is 3.36. The third kappa shape index (κ3) is 3.70. The van der Waals surface area contributed by atoms with Crippen LogP contribution in [0.1, 0.15) is 39.2 Å². The molecule has 0 fully saturated rings. The van der Waals surface area contributed by atoms with Crippen molar-refractivity contribution in [2.45, 2.75) is 46.3 Å². The summed E-state index contributed by atoms with van der Waals surface area (Å²) in [7, 11) is 0. The lowest BCUT2D eigenvalue weighted by atomic mass is 10.1. The van der Waals surface area contributed by atoms with Crippen LogP contribution in [0.3, 0.4) is 0 Å². The van der Waals surface area contributed by atoms with Crippen molar-refractivity contribution in [1.82, 2.24) is 10.3 Å². The first kappa shape index (κ1) is 14.8. The number of nitrogens with one attached hydrogen (secondary N) is 1. The minimum Gasteiger partial charge on any atom is -0.475 e. The molecule has 1 unspecified atom stereocenters. The van der Waals surface area contributed by atoms with Gasteiger partial charge in [0.25, 0.3) is 0 Å². The summed E-state index contributed by atoms with van der Waals surface area (Å²) in [6.07, 6.45) is 2.39. The van der Waals surface area contributed by atoms with Gasteiger partial charge < -0.3 is 10.1 Å². The first-order valence-electron chi connectivity index (χ1n) is 7.50. The fourth-order valence-corrected chi connectivity index (χ4v) is 2.36. The van der Waals surface area contributed by atoms with E-state index < -0.39 is 0 Å². The topological polar surface area (TPSA) is 34.1 Å². The van der Waals surface area contributed by atoms with Gasteiger partial charge in [-0.15, -0.1) is 0 Å². The Morgan fingerprint density at radius 3 is 2.80 bits per heavy atom. The summed E-state index contributed by atoms with van der Waals surface area (Å²) in [6, 6.07) is 10.3. The van der Waals surface area contributed by atoms with Crippen LogP contribution in [-0.4, -0.2) is 17.6 Å². The summed E-state index contributed by atoms with van der Waals surface area (Å²) in [5.41, 5.74) is 2.25. The normalized spacial score (nSPS) is 12.6. The molecule has 0 amide bonds. The molecule has 2 rings (SSSR count). The average molecular weight is 272 g/mol. The van der Waals surface area contributed by atoms with Gasteiger partial charge in [-0.25, -0.2) is 4.98 Å². The summed E-state index contributed by atoms with van der Waals surface area (Å²) in [5.74, 6) is 0.734. The van der Waals surface area contributed by atoms with E-state index in [1.54, 1.807) is 0 Å². The van der Waals surface area contributed by atoms with Crippen molar-refractivity contribution < 1.29 is 4.74 Å². The number of nitrogens with zero attached hydrogens (tertiary/aromatic N) is 1. The minimum atomic E-state index is 0.209. The summed E-state index contributed by atoms with van der Waals surface area (Å²) < 4.78 is 5.94. The lowest BCUT2D eigenvalue weighted by Gasteiger charge is -2.15. The Labute approximate surface area is 121 Å². The molecule has 1 N–H and O–H groups in total. The van der Waals surface area contributed by atoms with E-state index in [2.05, 4.69) is 49.3 Å². The van der Waals surface area contributed by atoms with Crippen molar-refractivity contribution in [3.63, 3.8) is 0 Å². The van der Waals surface area contributed by atoms with E-state index in [1.807, 2.05) is 12.1 Å². The van der Waals surface area contributed by atoms with Crippen molar-refractivity contribution in [1.29, 1.82) is 0 Å². The Balaban J connectivity index is 2.31. The molecule has 20 heavy (non-hydrogen) atoms. The number of pyridine rings is 1. The molecule has 0 aliphatic carbocycles. The fraction of sp³-hybridized carbons (Fsp3) is 0.471. The van der Waals surface area contributed by atoms with Gasteiger partial charge in [-0.05, 0) is 31.5 Å². The zero-order valence-electron chi connectivity index (χ0n) is 12.6. The van der Waals surface area contributed by atoms with Crippen LogP contribution in [0, 0.1) is 0 Å². The molecule has 3 heteroatoms. The SMILES string of the molecule is CCCC(C)Oc1cc(CNCC)c2ccccc2n1. The van der Waals surface area contributed by atoms with Gasteiger partial charge in [0.05, 0.1) is 11.6 Å². The number of hydrogen-bond donors (Lipinski definition) is 1. The second kappa shape index (κ2) is 7.25. The molecule has 0 spiro atoms. The second-order valence-electron chi connectivity index (χ2n) is 5.13. The van der Waals surface area contributed by atoms with Crippen LogP contribution >= 0.6 is 0 Å². The number of fused-ring (bicyclic) bond motifs is 1. The Kier molecular flexibility index (Phi) is 5.36.